The number of Topliss-reactive ketones (excluding diaryl/α,β-unsaturated/α-hetero) is 1. The van der Waals surface area contributed by atoms with Gasteiger partial charge < -0.3 is 5.73 Å². The summed E-state index contributed by atoms with van der Waals surface area (Å²) in [5.41, 5.74) is 6.16. The third-order valence-electron chi connectivity index (χ3n) is 1.48. The Morgan fingerprint density at radius 1 is 1.55 bits per heavy atom. The molecule has 64 valence electrons. The van der Waals surface area contributed by atoms with Gasteiger partial charge in [-0.3, -0.25) is 4.79 Å². The lowest BCUT2D eigenvalue weighted by Gasteiger charge is -2.11. The van der Waals surface area contributed by atoms with Crippen molar-refractivity contribution in [2.24, 2.45) is 11.7 Å². The van der Waals surface area contributed by atoms with Crippen LogP contribution in [0.1, 0.15) is 27.2 Å². The van der Waals surface area contributed by atoms with Crippen LogP contribution in [-0.2, 0) is 4.79 Å². The Kier molecular flexibility index (Phi) is 4.04. The van der Waals surface area contributed by atoms with Crippen LogP contribution in [0.15, 0.2) is 12.2 Å². The van der Waals surface area contributed by atoms with E-state index in [0.717, 1.165) is 6.42 Å². The van der Waals surface area contributed by atoms with Gasteiger partial charge in [0.05, 0.1) is 6.04 Å². The second-order valence-corrected chi connectivity index (χ2v) is 3.38. The molecular formula is C9H17NO. The van der Waals surface area contributed by atoms with Gasteiger partial charge in [0, 0.05) is 0 Å². The summed E-state index contributed by atoms with van der Waals surface area (Å²) in [7, 11) is 0. The lowest BCUT2D eigenvalue weighted by Crippen LogP contribution is -2.32. The molecule has 0 fully saturated rings. The SMILES string of the molecule is C=C(C)C(=O)C(N)CC(C)C. The van der Waals surface area contributed by atoms with Crippen molar-refractivity contribution in [3.05, 3.63) is 12.2 Å². The molecule has 2 heteroatoms. The van der Waals surface area contributed by atoms with Crippen LogP contribution >= 0.6 is 0 Å². The zero-order valence-electron chi connectivity index (χ0n) is 7.55. The maximum atomic E-state index is 11.2. The van der Waals surface area contributed by atoms with Crippen molar-refractivity contribution < 1.29 is 4.79 Å². The van der Waals surface area contributed by atoms with Crippen LogP contribution in [0.4, 0.5) is 0 Å². The minimum Gasteiger partial charge on any atom is -0.321 e. The highest BCUT2D eigenvalue weighted by Crippen LogP contribution is 2.06. The fourth-order valence-electron chi connectivity index (χ4n) is 0.931. The predicted octanol–water partition coefficient (Wildman–Crippen LogP) is 1.50. The maximum Gasteiger partial charge on any atom is 0.174 e. The van der Waals surface area contributed by atoms with Gasteiger partial charge in [-0.2, -0.15) is 0 Å². The zero-order valence-corrected chi connectivity index (χ0v) is 7.55. The summed E-state index contributed by atoms with van der Waals surface area (Å²) in [6.45, 7) is 9.35. The van der Waals surface area contributed by atoms with E-state index in [-0.39, 0.29) is 11.8 Å². The zero-order chi connectivity index (χ0) is 9.02. The molecule has 0 heterocycles. The fraction of sp³-hybridized carbons (Fsp3) is 0.667. The molecule has 0 amide bonds. The molecule has 0 saturated heterocycles. The molecule has 1 unspecified atom stereocenters. The van der Waals surface area contributed by atoms with E-state index in [1.807, 2.05) is 13.8 Å². The standard InChI is InChI=1S/C9H17NO/c1-6(2)5-8(10)9(11)7(3)4/h6,8H,3,5,10H2,1-2,4H3. The Hall–Kier alpha value is -0.630. The Labute approximate surface area is 68.5 Å². The van der Waals surface area contributed by atoms with Gasteiger partial charge in [0.15, 0.2) is 5.78 Å². The van der Waals surface area contributed by atoms with Gasteiger partial charge in [0.1, 0.15) is 0 Å². The number of carbonyl (C=O) groups is 1. The Morgan fingerprint density at radius 3 is 2.27 bits per heavy atom. The number of carbonyl (C=O) groups excluding carboxylic acids is 1. The first-order valence-electron chi connectivity index (χ1n) is 3.90. The highest BCUT2D eigenvalue weighted by molar-refractivity contribution is 5.98. The van der Waals surface area contributed by atoms with Crippen molar-refractivity contribution >= 4 is 5.78 Å². The van der Waals surface area contributed by atoms with Crippen molar-refractivity contribution in [2.45, 2.75) is 33.2 Å². The van der Waals surface area contributed by atoms with Crippen LogP contribution < -0.4 is 5.73 Å². The van der Waals surface area contributed by atoms with Gasteiger partial charge in [0.2, 0.25) is 0 Å². The van der Waals surface area contributed by atoms with Gasteiger partial charge in [-0.15, -0.1) is 0 Å². The first kappa shape index (κ1) is 10.4. The predicted molar refractivity (Wildman–Crippen MR) is 47.3 cm³/mol. The normalized spacial score (nSPS) is 13.2. The monoisotopic (exact) mass is 155 g/mol. The van der Waals surface area contributed by atoms with E-state index < -0.39 is 0 Å². The van der Waals surface area contributed by atoms with Gasteiger partial charge in [-0.1, -0.05) is 20.4 Å². The third-order valence-corrected chi connectivity index (χ3v) is 1.48. The Morgan fingerprint density at radius 2 is 2.00 bits per heavy atom. The number of hydrogen-bond donors (Lipinski definition) is 1. The van der Waals surface area contributed by atoms with Crippen LogP contribution in [0.25, 0.3) is 0 Å². The molecular weight excluding hydrogens is 138 g/mol. The summed E-state index contributed by atoms with van der Waals surface area (Å²) >= 11 is 0. The van der Waals surface area contributed by atoms with E-state index in [0.29, 0.717) is 11.5 Å². The quantitative estimate of drug-likeness (QED) is 0.625. The van der Waals surface area contributed by atoms with E-state index in [2.05, 4.69) is 6.58 Å². The lowest BCUT2D eigenvalue weighted by atomic mass is 9.98. The molecule has 0 rings (SSSR count). The summed E-state index contributed by atoms with van der Waals surface area (Å²) in [5, 5.41) is 0. The number of ketones is 1. The van der Waals surface area contributed by atoms with E-state index in [1.165, 1.54) is 0 Å². The highest BCUT2D eigenvalue weighted by Gasteiger charge is 2.14. The molecule has 11 heavy (non-hydrogen) atoms. The lowest BCUT2D eigenvalue weighted by molar-refractivity contribution is -0.117. The molecule has 2 nitrogen and oxygen atoms in total. The molecule has 0 aromatic heterocycles. The topological polar surface area (TPSA) is 43.1 Å². The van der Waals surface area contributed by atoms with Crippen LogP contribution in [-0.4, -0.2) is 11.8 Å². The molecule has 1 atom stereocenters. The van der Waals surface area contributed by atoms with Gasteiger partial charge in [0.25, 0.3) is 0 Å². The first-order valence-corrected chi connectivity index (χ1v) is 3.90. The fourth-order valence-corrected chi connectivity index (χ4v) is 0.931. The second-order valence-electron chi connectivity index (χ2n) is 3.38. The summed E-state index contributed by atoms with van der Waals surface area (Å²) < 4.78 is 0. The molecule has 0 aliphatic rings. The second kappa shape index (κ2) is 4.29. The van der Waals surface area contributed by atoms with Crippen molar-refractivity contribution in [3.8, 4) is 0 Å². The van der Waals surface area contributed by atoms with Crippen LogP contribution in [0.5, 0.6) is 0 Å². The number of nitrogens with two attached hydrogens (primary N) is 1. The third kappa shape index (κ3) is 3.94. The van der Waals surface area contributed by atoms with Crippen molar-refractivity contribution in [2.75, 3.05) is 0 Å². The summed E-state index contributed by atoms with van der Waals surface area (Å²) in [6.07, 6.45) is 0.742. The van der Waals surface area contributed by atoms with Gasteiger partial charge >= 0.3 is 0 Å². The smallest absolute Gasteiger partial charge is 0.174 e. The molecule has 0 aromatic rings. The van der Waals surface area contributed by atoms with Crippen molar-refractivity contribution in [1.29, 1.82) is 0 Å². The van der Waals surface area contributed by atoms with Crippen LogP contribution in [0.3, 0.4) is 0 Å². The molecule has 0 aliphatic carbocycles. The number of rotatable bonds is 4. The molecule has 0 aliphatic heterocycles. The molecule has 0 aromatic carbocycles. The van der Waals surface area contributed by atoms with Gasteiger partial charge in [-0.25, -0.2) is 0 Å². The highest BCUT2D eigenvalue weighted by atomic mass is 16.1. The Bertz CT molecular complexity index is 161. The van der Waals surface area contributed by atoms with Crippen LogP contribution in [0.2, 0.25) is 0 Å². The average Bonchev–Trinajstić information content (AvgIpc) is 1.84. The largest absolute Gasteiger partial charge is 0.321 e. The van der Waals surface area contributed by atoms with Gasteiger partial charge in [-0.05, 0) is 24.8 Å². The van der Waals surface area contributed by atoms with Crippen LogP contribution in [0, 0.1) is 5.92 Å². The minimum atomic E-state index is -0.354. The molecule has 0 spiro atoms. The van der Waals surface area contributed by atoms with E-state index in [1.54, 1.807) is 6.92 Å². The number of hydrogen-bond acceptors (Lipinski definition) is 2. The molecule has 0 saturated carbocycles. The van der Waals surface area contributed by atoms with Crippen molar-refractivity contribution in [3.63, 3.8) is 0 Å². The minimum absolute atomic E-state index is 0.0151. The van der Waals surface area contributed by atoms with E-state index in [9.17, 15) is 4.79 Å². The van der Waals surface area contributed by atoms with E-state index in [4.69, 9.17) is 5.73 Å². The molecule has 0 radical (unpaired) electrons. The average molecular weight is 155 g/mol. The van der Waals surface area contributed by atoms with E-state index >= 15 is 0 Å². The molecule has 0 bridgehead atoms. The summed E-state index contributed by atoms with van der Waals surface area (Å²) in [4.78, 5) is 11.2. The summed E-state index contributed by atoms with van der Waals surface area (Å²) in [5.74, 6) is 0.451. The Balaban J connectivity index is 3.93. The van der Waals surface area contributed by atoms with Crippen molar-refractivity contribution in [1.82, 2.24) is 0 Å². The first-order chi connectivity index (χ1) is 4.95. The molecule has 2 N–H and O–H groups in total. The maximum absolute atomic E-state index is 11.2. The summed E-state index contributed by atoms with van der Waals surface area (Å²) in [6, 6.07) is -0.354.